The Balaban J connectivity index is 1.67. The number of fused-ring (bicyclic) bond motifs is 1. The fourth-order valence-electron chi connectivity index (χ4n) is 2.95. The molecular formula is C14H17N5. The van der Waals surface area contributed by atoms with Gasteiger partial charge in [-0.3, -0.25) is 4.68 Å². The first-order valence-electron chi connectivity index (χ1n) is 6.86. The Hall–Kier alpha value is -2.04. The summed E-state index contributed by atoms with van der Waals surface area (Å²) in [6.45, 7) is 2.29. The SMILES string of the molecule is Nc1cnn(C2CCc3nc(N4CCC4)ccc32)c1. The summed E-state index contributed by atoms with van der Waals surface area (Å²) < 4.78 is 1.96. The lowest BCUT2D eigenvalue weighted by Crippen LogP contribution is -2.37. The zero-order valence-electron chi connectivity index (χ0n) is 10.8. The topological polar surface area (TPSA) is 60.0 Å². The average molecular weight is 255 g/mol. The van der Waals surface area contributed by atoms with E-state index in [-0.39, 0.29) is 0 Å². The van der Waals surface area contributed by atoms with Crippen molar-refractivity contribution in [2.45, 2.75) is 25.3 Å². The summed E-state index contributed by atoms with van der Waals surface area (Å²) in [5, 5.41) is 4.34. The predicted octanol–water partition coefficient (Wildman–Crippen LogP) is 1.61. The van der Waals surface area contributed by atoms with E-state index >= 15 is 0 Å². The molecule has 1 saturated heterocycles. The molecule has 1 fully saturated rings. The summed E-state index contributed by atoms with van der Waals surface area (Å²) in [4.78, 5) is 7.14. The number of pyridine rings is 1. The van der Waals surface area contributed by atoms with Crippen LogP contribution in [0.5, 0.6) is 0 Å². The number of hydrogen-bond acceptors (Lipinski definition) is 4. The van der Waals surface area contributed by atoms with E-state index < -0.39 is 0 Å². The van der Waals surface area contributed by atoms with Gasteiger partial charge in [-0.1, -0.05) is 6.07 Å². The first-order valence-corrected chi connectivity index (χ1v) is 6.86. The zero-order chi connectivity index (χ0) is 12.8. The molecule has 2 N–H and O–H groups in total. The second kappa shape index (κ2) is 3.98. The Labute approximate surface area is 112 Å². The maximum absolute atomic E-state index is 5.75. The van der Waals surface area contributed by atoms with Gasteiger partial charge >= 0.3 is 0 Å². The molecule has 0 saturated carbocycles. The molecule has 3 heterocycles. The van der Waals surface area contributed by atoms with Crippen molar-refractivity contribution in [3.63, 3.8) is 0 Å². The average Bonchev–Trinajstić information content (AvgIpc) is 2.92. The molecular weight excluding hydrogens is 238 g/mol. The van der Waals surface area contributed by atoms with E-state index in [1.165, 1.54) is 17.7 Å². The molecule has 1 aliphatic heterocycles. The van der Waals surface area contributed by atoms with Crippen LogP contribution in [-0.2, 0) is 6.42 Å². The number of nitrogens with zero attached hydrogens (tertiary/aromatic N) is 4. The second-order valence-corrected chi connectivity index (χ2v) is 5.35. The Morgan fingerprint density at radius 3 is 2.84 bits per heavy atom. The van der Waals surface area contributed by atoms with Crippen LogP contribution in [0.2, 0.25) is 0 Å². The molecule has 0 aromatic carbocycles. The third-order valence-corrected chi connectivity index (χ3v) is 4.13. The largest absolute Gasteiger partial charge is 0.396 e. The monoisotopic (exact) mass is 255 g/mol. The molecule has 0 amide bonds. The minimum Gasteiger partial charge on any atom is -0.396 e. The molecule has 1 aliphatic carbocycles. The minimum atomic E-state index is 0.297. The van der Waals surface area contributed by atoms with Crippen molar-refractivity contribution in [3.05, 3.63) is 35.8 Å². The van der Waals surface area contributed by atoms with Crippen molar-refractivity contribution < 1.29 is 0 Å². The van der Waals surface area contributed by atoms with Crippen LogP contribution in [0.1, 0.15) is 30.1 Å². The highest BCUT2D eigenvalue weighted by Gasteiger charge is 2.27. The fraction of sp³-hybridized carbons (Fsp3) is 0.429. The van der Waals surface area contributed by atoms with E-state index in [0.717, 1.165) is 37.4 Å². The van der Waals surface area contributed by atoms with Gasteiger partial charge in [-0.05, 0) is 30.9 Å². The minimum absolute atomic E-state index is 0.297. The highest BCUT2D eigenvalue weighted by atomic mass is 15.3. The summed E-state index contributed by atoms with van der Waals surface area (Å²) >= 11 is 0. The third-order valence-electron chi connectivity index (χ3n) is 4.13. The van der Waals surface area contributed by atoms with Gasteiger partial charge in [-0.25, -0.2) is 4.98 Å². The highest BCUT2D eigenvalue weighted by Crippen LogP contribution is 2.34. The van der Waals surface area contributed by atoms with Crippen LogP contribution in [0.25, 0.3) is 0 Å². The molecule has 2 aromatic rings. The van der Waals surface area contributed by atoms with Crippen LogP contribution in [0, 0.1) is 0 Å². The lowest BCUT2D eigenvalue weighted by atomic mass is 10.1. The first kappa shape index (κ1) is 10.8. The van der Waals surface area contributed by atoms with Crippen molar-refractivity contribution in [3.8, 4) is 0 Å². The van der Waals surface area contributed by atoms with Gasteiger partial charge in [0.1, 0.15) is 5.82 Å². The Bertz CT molecular complexity index is 614. The van der Waals surface area contributed by atoms with Crippen LogP contribution in [-0.4, -0.2) is 27.9 Å². The lowest BCUT2D eigenvalue weighted by Gasteiger charge is -2.32. The van der Waals surface area contributed by atoms with E-state index in [1.807, 2.05) is 10.9 Å². The fourth-order valence-corrected chi connectivity index (χ4v) is 2.95. The van der Waals surface area contributed by atoms with Crippen LogP contribution in [0.15, 0.2) is 24.5 Å². The van der Waals surface area contributed by atoms with E-state index in [9.17, 15) is 0 Å². The molecule has 5 nitrogen and oxygen atoms in total. The van der Waals surface area contributed by atoms with E-state index in [2.05, 4.69) is 22.1 Å². The van der Waals surface area contributed by atoms with Crippen molar-refractivity contribution in [1.82, 2.24) is 14.8 Å². The summed E-state index contributed by atoms with van der Waals surface area (Å²) in [7, 11) is 0. The summed E-state index contributed by atoms with van der Waals surface area (Å²) in [5.74, 6) is 1.13. The standard InChI is InChI=1S/C14H17N5/c15-10-8-16-19(9-10)13-4-3-12-11(13)2-5-14(17-12)18-6-1-7-18/h2,5,8-9,13H,1,3-4,6-7,15H2. The molecule has 0 radical (unpaired) electrons. The van der Waals surface area contributed by atoms with Crippen molar-refractivity contribution >= 4 is 11.5 Å². The smallest absolute Gasteiger partial charge is 0.128 e. The Kier molecular flexibility index (Phi) is 2.27. The van der Waals surface area contributed by atoms with Crippen LogP contribution in [0.4, 0.5) is 11.5 Å². The number of anilines is 2. The second-order valence-electron chi connectivity index (χ2n) is 5.35. The number of nitrogen functional groups attached to an aromatic ring is 1. The summed E-state index contributed by atoms with van der Waals surface area (Å²) in [6.07, 6.45) is 6.99. The Morgan fingerprint density at radius 1 is 1.26 bits per heavy atom. The molecule has 98 valence electrons. The maximum atomic E-state index is 5.75. The quantitative estimate of drug-likeness (QED) is 0.885. The number of rotatable bonds is 2. The maximum Gasteiger partial charge on any atom is 0.128 e. The normalized spacial score (nSPS) is 21.3. The summed E-state index contributed by atoms with van der Waals surface area (Å²) in [6, 6.07) is 4.65. The van der Waals surface area contributed by atoms with Gasteiger partial charge in [-0.2, -0.15) is 5.10 Å². The predicted molar refractivity (Wildman–Crippen MR) is 74.2 cm³/mol. The van der Waals surface area contributed by atoms with Gasteiger partial charge in [0.2, 0.25) is 0 Å². The van der Waals surface area contributed by atoms with Gasteiger partial charge in [0.25, 0.3) is 0 Å². The van der Waals surface area contributed by atoms with E-state index in [0.29, 0.717) is 6.04 Å². The Morgan fingerprint density at radius 2 is 2.16 bits per heavy atom. The molecule has 0 bridgehead atoms. The molecule has 1 atom stereocenters. The lowest BCUT2D eigenvalue weighted by molar-refractivity contribution is 0.520. The van der Waals surface area contributed by atoms with Crippen molar-refractivity contribution in [2.24, 2.45) is 0 Å². The van der Waals surface area contributed by atoms with E-state index in [4.69, 9.17) is 10.7 Å². The summed E-state index contributed by atoms with van der Waals surface area (Å²) in [5.41, 5.74) is 8.99. The number of aryl methyl sites for hydroxylation is 1. The van der Waals surface area contributed by atoms with E-state index in [1.54, 1.807) is 6.20 Å². The van der Waals surface area contributed by atoms with Crippen LogP contribution >= 0.6 is 0 Å². The van der Waals surface area contributed by atoms with Crippen LogP contribution in [0.3, 0.4) is 0 Å². The van der Waals surface area contributed by atoms with Crippen molar-refractivity contribution in [1.29, 1.82) is 0 Å². The zero-order valence-corrected chi connectivity index (χ0v) is 10.8. The van der Waals surface area contributed by atoms with Gasteiger partial charge in [0.15, 0.2) is 0 Å². The first-order chi connectivity index (χ1) is 9.31. The molecule has 19 heavy (non-hydrogen) atoms. The number of hydrogen-bond donors (Lipinski definition) is 1. The van der Waals surface area contributed by atoms with Crippen LogP contribution < -0.4 is 10.6 Å². The van der Waals surface area contributed by atoms with Gasteiger partial charge in [0.05, 0.1) is 17.9 Å². The molecule has 1 unspecified atom stereocenters. The molecule has 0 spiro atoms. The van der Waals surface area contributed by atoms with Gasteiger partial charge in [-0.15, -0.1) is 0 Å². The van der Waals surface area contributed by atoms with Gasteiger partial charge in [0, 0.05) is 25.0 Å². The highest BCUT2D eigenvalue weighted by molar-refractivity contribution is 5.46. The molecule has 4 rings (SSSR count). The van der Waals surface area contributed by atoms with Crippen molar-refractivity contribution in [2.75, 3.05) is 23.7 Å². The number of aromatic nitrogens is 3. The number of nitrogens with two attached hydrogens (primary N) is 1. The molecule has 5 heteroatoms. The van der Waals surface area contributed by atoms with Gasteiger partial charge < -0.3 is 10.6 Å². The third kappa shape index (κ3) is 1.69. The molecule has 2 aromatic heterocycles. The molecule has 2 aliphatic rings.